The molecule has 2 bridgehead atoms. The first kappa shape index (κ1) is 8.94. The first-order valence-corrected chi connectivity index (χ1v) is 4.87. The van der Waals surface area contributed by atoms with Gasteiger partial charge < -0.3 is 9.53 Å². The third kappa shape index (κ3) is 0.950. The van der Waals surface area contributed by atoms with E-state index in [2.05, 4.69) is 15.9 Å². The van der Waals surface area contributed by atoms with Gasteiger partial charge in [0.15, 0.2) is 4.32 Å². The summed E-state index contributed by atoms with van der Waals surface area (Å²) in [5.74, 6) is -0.360. The third-order valence-corrected chi connectivity index (χ3v) is 4.31. The van der Waals surface area contributed by atoms with Crippen molar-refractivity contribution in [1.29, 1.82) is 0 Å². The molecular formula is C9H9BrO3. The highest BCUT2D eigenvalue weighted by atomic mass is 79.9. The Morgan fingerprint density at radius 2 is 2.46 bits per heavy atom. The van der Waals surface area contributed by atoms with Gasteiger partial charge in [-0.25, -0.2) is 0 Å². The number of alkyl halides is 1. The van der Waals surface area contributed by atoms with Crippen molar-refractivity contribution >= 4 is 28.2 Å². The number of hydrogen-bond donors (Lipinski definition) is 0. The van der Waals surface area contributed by atoms with Gasteiger partial charge in [0.1, 0.15) is 12.4 Å². The zero-order valence-electron chi connectivity index (χ0n) is 7.12. The van der Waals surface area contributed by atoms with Crippen LogP contribution in [0.3, 0.4) is 0 Å². The minimum atomic E-state index is -0.948. The van der Waals surface area contributed by atoms with E-state index in [4.69, 9.17) is 4.74 Å². The van der Waals surface area contributed by atoms with Crippen LogP contribution < -0.4 is 0 Å². The molecule has 0 radical (unpaired) electrons. The summed E-state index contributed by atoms with van der Waals surface area (Å²) in [6.45, 7) is 1.77. The number of ether oxygens (including phenoxy) is 1. The molecule has 0 N–H and O–H groups in total. The van der Waals surface area contributed by atoms with Gasteiger partial charge in [-0.05, 0) is 6.08 Å². The number of carbonyl (C=O) groups excluding carboxylic acids is 2. The van der Waals surface area contributed by atoms with Crippen LogP contribution in [0.15, 0.2) is 12.2 Å². The lowest BCUT2D eigenvalue weighted by Crippen LogP contribution is -2.57. The summed E-state index contributed by atoms with van der Waals surface area (Å²) in [6.07, 6.45) is 4.70. The molecule has 2 aliphatic heterocycles. The Morgan fingerprint density at radius 3 is 2.92 bits per heavy atom. The normalized spacial score (nSPS) is 47.5. The molecule has 1 saturated heterocycles. The van der Waals surface area contributed by atoms with Crippen molar-refractivity contribution in [2.75, 3.05) is 0 Å². The Kier molecular flexibility index (Phi) is 1.68. The summed E-state index contributed by atoms with van der Waals surface area (Å²) < 4.78 is 4.11. The maximum atomic E-state index is 11.5. The van der Waals surface area contributed by atoms with Crippen LogP contribution >= 0.6 is 15.9 Å². The van der Waals surface area contributed by atoms with E-state index in [1.54, 1.807) is 13.0 Å². The van der Waals surface area contributed by atoms with Crippen molar-refractivity contribution in [3.63, 3.8) is 0 Å². The van der Waals surface area contributed by atoms with Crippen LogP contribution in [0.2, 0.25) is 0 Å². The number of halogens is 1. The van der Waals surface area contributed by atoms with Gasteiger partial charge >= 0.3 is 5.97 Å². The summed E-state index contributed by atoms with van der Waals surface area (Å²) in [5, 5.41) is 0. The fourth-order valence-electron chi connectivity index (χ4n) is 1.80. The van der Waals surface area contributed by atoms with Crippen LogP contribution in [-0.4, -0.2) is 22.7 Å². The number of aldehydes is 1. The Morgan fingerprint density at radius 1 is 1.77 bits per heavy atom. The Labute approximate surface area is 84.3 Å². The summed E-state index contributed by atoms with van der Waals surface area (Å²) in [4.78, 5) is 22.4. The first-order valence-electron chi connectivity index (χ1n) is 4.07. The molecule has 3 aliphatic rings. The minimum Gasteiger partial charge on any atom is -0.457 e. The fraction of sp³-hybridized carbons (Fsp3) is 0.556. The minimum absolute atomic E-state index is 0.234. The molecule has 4 heteroatoms. The van der Waals surface area contributed by atoms with E-state index in [9.17, 15) is 9.59 Å². The lowest BCUT2D eigenvalue weighted by molar-refractivity contribution is -0.164. The molecule has 1 fully saturated rings. The number of carbonyl (C=O) groups is 2. The SMILES string of the molecule is C[C@]1(C=O)C[C@H]2C=C[C@]1(Br)C(=O)O2. The van der Waals surface area contributed by atoms with Crippen LogP contribution in [0.1, 0.15) is 13.3 Å². The fourth-order valence-corrected chi connectivity index (χ4v) is 2.31. The van der Waals surface area contributed by atoms with Gasteiger partial charge in [-0.1, -0.05) is 28.9 Å². The zero-order chi connectivity index (χ0) is 9.69. The highest BCUT2D eigenvalue weighted by Crippen LogP contribution is 2.50. The highest BCUT2D eigenvalue weighted by Gasteiger charge is 2.59. The summed E-state index contributed by atoms with van der Waals surface area (Å²) in [6, 6.07) is 0. The molecule has 3 rings (SSSR count). The Bertz CT molecular complexity index is 312. The molecule has 0 amide bonds. The molecule has 0 spiro atoms. The van der Waals surface area contributed by atoms with Crippen LogP contribution in [-0.2, 0) is 14.3 Å². The Balaban J connectivity index is 2.53. The quantitative estimate of drug-likeness (QED) is 0.302. The third-order valence-electron chi connectivity index (χ3n) is 2.81. The molecule has 2 heterocycles. The molecule has 0 saturated carbocycles. The molecule has 0 aromatic carbocycles. The standard InChI is InChI=1S/C9H9BrO3/c1-8(5-11)4-6-2-3-9(8,10)7(12)13-6/h2-3,5-6H,4H2,1H3/t6-,8-,9+/m1/s1. The second-order valence-corrected chi connectivity index (χ2v) is 5.00. The number of hydrogen-bond acceptors (Lipinski definition) is 3. The second kappa shape index (κ2) is 2.44. The van der Waals surface area contributed by atoms with Gasteiger partial charge in [0.25, 0.3) is 0 Å². The molecule has 0 aromatic heterocycles. The van der Waals surface area contributed by atoms with E-state index in [0.717, 1.165) is 6.29 Å². The zero-order valence-corrected chi connectivity index (χ0v) is 8.71. The molecule has 0 aromatic rings. The molecule has 3 atom stereocenters. The monoisotopic (exact) mass is 244 g/mol. The number of fused-ring (bicyclic) bond motifs is 2. The smallest absolute Gasteiger partial charge is 0.328 e. The molecule has 13 heavy (non-hydrogen) atoms. The predicted octanol–water partition coefficient (Wildman–Crippen LogP) is 1.21. The summed E-state index contributed by atoms with van der Waals surface area (Å²) in [7, 11) is 0. The maximum Gasteiger partial charge on any atom is 0.328 e. The van der Waals surface area contributed by atoms with Crippen molar-refractivity contribution in [1.82, 2.24) is 0 Å². The molecule has 3 nitrogen and oxygen atoms in total. The van der Waals surface area contributed by atoms with E-state index in [1.165, 1.54) is 0 Å². The van der Waals surface area contributed by atoms with Crippen molar-refractivity contribution in [2.45, 2.75) is 23.8 Å². The summed E-state index contributed by atoms with van der Waals surface area (Å²) >= 11 is 3.29. The van der Waals surface area contributed by atoms with E-state index < -0.39 is 9.74 Å². The van der Waals surface area contributed by atoms with Crippen molar-refractivity contribution in [2.24, 2.45) is 5.41 Å². The molecular weight excluding hydrogens is 236 g/mol. The molecule has 70 valence electrons. The van der Waals surface area contributed by atoms with E-state index in [0.29, 0.717) is 6.42 Å². The van der Waals surface area contributed by atoms with Crippen molar-refractivity contribution in [3.8, 4) is 0 Å². The predicted molar refractivity (Wildman–Crippen MR) is 49.5 cm³/mol. The van der Waals surface area contributed by atoms with Crippen LogP contribution in [0.4, 0.5) is 0 Å². The lowest BCUT2D eigenvalue weighted by Gasteiger charge is -2.46. The van der Waals surface area contributed by atoms with Crippen LogP contribution in [0.25, 0.3) is 0 Å². The van der Waals surface area contributed by atoms with Gasteiger partial charge in [0.2, 0.25) is 0 Å². The van der Waals surface area contributed by atoms with Crippen LogP contribution in [0, 0.1) is 5.41 Å². The van der Waals surface area contributed by atoms with Crippen LogP contribution in [0.5, 0.6) is 0 Å². The highest BCUT2D eigenvalue weighted by molar-refractivity contribution is 9.10. The largest absolute Gasteiger partial charge is 0.457 e. The maximum absolute atomic E-state index is 11.5. The first-order chi connectivity index (χ1) is 6.02. The number of esters is 1. The molecule has 0 unspecified atom stereocenters. The lowest BCUT2D eigenvalue weighted by atomic mass is 9.69. The van der Waals surface area contributed by atoms with Gasteiger partial charge in [0.05, 0.1) is 5.41 Å². The Hall–Kier alpha value is -0.640. The van der Waals surface area contributed by atoms with E-state index in [1.807, 2.05) is 6.08 Å². The van der Waals surface area contributed by atoms with Crippen molar-refractivity contribution < 1.29 is 14.3 Å². The second-order valence-electron chi connectivity index (χ2n) is 3.75. The van der Waals surface area contributed by atoms with Crippen molar-refractivity contribution in [3.05, 3.63) is 12.2 Å². The average Bonchev–Trinajstić information content (AvgIpc) is 2.09. The van der Waals surface area contributed by atoms with Gasteiger partial charge in [-0.2, -0.15) is 0 Å². The van der Waals surface area contributed by atoms with Gasteiger partial charge in [-0.15, -0.1) is 0 Å². The summed E-state index contributed by atoms with van der Waals surface area (Å²) in [5.41, 5.74) is -0.679. The average molecular weight is 245 g/mol. The number of rotatable bonds is 1. The van der Waals surface area contributed by atoms with Gasteiger partial charge in [0, 0.05) is 6.42 Å². The van der Waals surface area contributed by atoms with E-state index >= 15 is 0 Å². The van der Waals surface area contributed by atoms with Gasteiger partial charge in [-0.3, -0.25) is 4.79 Å². The molecule has 1 aliphatic carbocycles. The topological polar surface area (TPSA) is 43.4 Å². The van der Waals surface area contributed by atoms with E-state index in [-0.39, 0.29) is 12.1 Å².